The molecule has 0 bridgehead atoms. The smallest absolute Gasteiger partial charge is 0.426 e. The molecular weight excluding hydrogens is 369 g/mol. The summed E-state index contributed by atoms with van der Waals surface area (Å²) in [5.74, 6) is -1.97. The number of carbonyl (C=O) groups excluding carboxylic acids is 1. The van der Waals surface area contributed by atoms with Gasteiger partial charge in [0.25, 0.3) is 0 Å². The molecule has 0 aliphatic heterocycles. The molecule has 26 heavy (non-hydrogen) atoms. The molecule has 0 saturated carbocycles. The number of halogens is 3. The molecule has 9 heteroatoms. The molecule has 3 aromatic rings. The molecule has 0 fully saturated rings. The van der Waals surface area contributed by atoms with Gasteiger partial charge in [0.2, 0.25) is 11.9 Å². The Morgan fingerprint density at radius 3 is 2.65 bits per heavy atom. The average molecular weight is 382 g/mol. The number of carbonyl (C=O) groups is 1. The van der Waals surface area contributed by atoms with Crippen molar-refractivity contribution < 1.29 is 27.1 Å². The first-order valence-electron chi connectivity index (χ1n) is 7.48. The van der Waals surface area contributed by atoms with E-state index < -0.39 is 24.0 Å². The van der Waals surface area contributed by atoms with Gasteiger partial charge in [-0.05, 0) is 24.3 Å². The summed E-state index contributed by atoms with van der Waals surface area (Å²) in [5.41, 5.74) is 0.767. The second kappa shape index (κ2) is 7.69. The van der Waals surface area contributed by atoms with Gasteiger partial charge in [0.1, 0.15) is 0 Å². The largest absolute Gasteiger partial charge is 0.457 e. The summed E-state index contributed by atoms with van der Waals surface area (Å²) in [4.78, 5) is 15.8. The number of alkyl halides is 3. The van der Waals surface area contributed by atoms with Crippen molar-refractivity contribution >= 4 is 17.7 Å². The van der Waals surface area contributed by atoms with Crippen LogP contribution in [-0.2, 0) is 4.74 Å². The van der Waals surface area contributed by atoms with Crippen molar-refractivity contribution in [3.8, 4) is 5.69 Å². The molecule has 0 aliphatic rings. The highest BCUT2D eigenvalue weighted by atomic mass is 32.2. The number of hydrogen-bond acceptors (Lipinski definition) is 5. The van der Waals surface area contributed by atoms with Crippen LogP contribution in [0.2, 0.25) is 0 Å². The minimum atomic E-state index is -4.71. The minimum absolute atomic E-state index is 0.282. The SMILES string of the molecule is O=C(O[C@@H](CSc1nccn1-c1ccccc1)C(F)(F)F)c1ccco1. The number of imidazole rings is 1. The van der Waals surface area contributed by atoms with Crippen LogP contribution in [0.15, 0.2) is 70.7 Å². The Labute approximate surface area is 150 Å². The number of nitrogens with zero attached hydrogens (tertiary/aromatic N) is 2. The van der Waals surface area contributed by atoms with Gasteiger partial charge in [0, 0.05) is 23.8 Å². The van der Waals surface area contributed by atoms with Gasteiger partial charge in [-0.3, -0.25) is 4.57 Å². The summed E-state index contributed by atoms with van der Waals surface area (Å²) >= 11 is 0.847. The van der Waals surface area contributed by atoms with Crippen molar-refractivity contribution in [1.82, 2.24) is 9.55 Å². The van der Waals surface area contributed by atoms with Crippen molar-refractivity contribution in [1.29, 1.82) is 0 Å². The first kappa shape index (κ1) is 18.1. The van der Waals surface area contributed by atoms with E-state index >= 15 is 0 Å². The molecule has 0 N–H and O–H groups in total. The number of para-hydroxylation sites is 1. The zero-order valence-corrected chi connectivity index (χ0v) is 14.0. The Morgan fingerprint density at radius 1 is 1.23 bits per heavy atom. The third-order valence-corrected chi connectivity index (χ3v) is 4.37. The maximum atomic E-state index is 13.2. The lowest BCUT2D eigenvalue weighted by molar-refractivity contribution is -0.197. The van der Waals surface area contributed by atoms with E-state index in [1.54, 1.807) is 10.8 Å². The van der Waals surface area contributed by atoms with Gasteiger partial charge < -0.3 is 9.15 Å². The summed E-state index contributed by atoms with van der Waals surface area (Å²) < 4.78 is 50.7. The Bertz CT molecular complexity index is 848. The molecule has 0 aliphatic carbocycles. The number of benzene rings is 1. The zero-order valence-electron chi connectivity index (χ0n) is 13.2. The Kier molecular flexibility index (Phi) is 5.36. The Hall–Kier alpha value is -2.68. The maximum absolute atomic E-state index is 13.2. The molecule has 2 heterocycles. The molecule has 5 nitrogen and oxygen atoms in total. The molecule has 3 rings (SSSR count). The van der Waals surface area contributed by atoms with Crippen LogP contribution < -0.4 is 0 Å². The van der Waals surface area contributed by atoms with Crippen LogP contribution in [0.25, 0.3) is 5.69 Å². The highest BCUT2D eigenvalue weighted by Gasteiger charge is 2.43. The molecule has 136 valence electrons. The number of hydrogen-bond donors (Lipinski definition) is 0. The van der Waals surface area contributed by atoms with Crippen LogP contribution in [0.4, 0.5) is 13.2 Å². The third-order valence-electron chi connectivity index (χ3n) is 3.34. The van der Waals surface area contributed by atoms with E-state index in [4.69, 9.17) is 4.42 Å². The number of aromatic nitrogens is 2. The van der Waals surface area contributed by atoms with Crippen molar-refractivity contribution in [2.45, 2.75) is 17.4 Å². The monoisotopic (exact) mass is 382 g/mol. The van der Waals surface area contributed by atoms with Crippen LogP contribution in [0.5, 0.6) is 0 Å². The first-order chi connectivity index (χ1) is 12.4. The van der Waals surface area contributed by atoms with Gasteiger partial charge in [-0.25, -0.2) is 9.78 Å². The predicted molar refractivity (Wildman–Crippen MR) is 88.3 cm³/mol. The van der Waals surface area contributed by atoms with E-state index in [2.05, 4.69) is 9.72 Å². The Balaban J connectivity index is 1.71. The fourth-order valence-electron chi connectivity index (χ4n) is 2.11. The number of esters is 1. The average Bonchev–Trinajstić information content (AvgIpc) is 3.29. The van der Waals surface area contributed by atoms with Crippen LogP contribution in [0.3, 0.4) is 0 Å². The molecule has 2 aromatic heterocycles. The Morgan fingerprint density at radius 2 is 2.00 bits per heavy atom. The fraction of sp³-hybridized carbons (Fsp3) is 0.176. The number of rotatable bonds is 6. The lowest BCUT2D eigenvalue weighted by Crippen LogP contribution is -2.36. The van der Waals surface area contributed by atoms with Crippen LogP contribution in [-0.4, -0.2) is 33.6 Å². The topological polar surface area (TPSA) is 57.3 Å². The maximum Gasteiger partial charge on any atom is 0.426 e. The highest BCUT2D eigenvalue weighted by molar-refractivity contribution is 7.99. The molecule has 0 unspecified atom stereocenters. The third kappa shape index (κ3) is 4.29. The molecule has 0 saturated heterocycles. The lowest BCUT2D eigenvalue weighted by Gasteiger charge is -2.19. The molecule has 1 atom stereocenters. The highest BCUT2D eigenvalue weighted by Crippen LogP contribution is 2.30. The van der Waals surface area contributed by atoms with E-state index in [1.807, 2.05) is 30.3 Å². The van der Waals surface area contributed by atoms with Gasteiger partial charge in [-0.15, -0.1) is 0 Å². The zero-order chi connectivity index (χ0) is 18.6. The summed E-state index contributed by atoms with van der Waals surface area (Å²) in [6.07, 6.45) is -2.67. The van der Waals surface area contributed by atoms with Crippen molar-refractivity contribution in [3.05, 3.63) is 66.9 Å². The van der Waals surface area contributed by atoms with Crippen LogP contribution >= 0.6 is 11.8 Å². The van der Waals surface area contributed by atoms with E-state index in [0.717, 1.165) is 17.4 Å². The number of thioether (sulfide) groups is 1. The van der Waals surface area contributed by atoms with E-state index in [1.165, 1.54) is 24.6 Å². The van der Waals surface area contributed by atoms with Gasteiger partial charge in [0.05, 0.1) is 6.26 Å². The summed E-state index contributed by atoms with van der Waals surface area (Å²) in [6.45, 7) is 0. The molecule has 0 spiro atoms. The second-order valence-electron chi connectivity index (χ2n) is 5.14. The van der Waals surface area contributed by atoms with Gasteiger partial charge in [-0.1, -0.05) is 30.0 Å². The van der Waals surface area contributed by atoms with Crippen molar-refractivity contribution in [2.75, 3.05) is 5.75 Å². The van der Waals surface area contributed by atoms with Gasteiger partial charge in [-0.2, -0.15) is 13.2 Å². The van der Waals surface area contributed by atoms with Crippen molar-refractivity contribution in [2.24, 2.45) is 0 Å². The molecule has 0 radical (unpaired) electrons. The second-order valence-corrected chi connectivity index (χ2v) is 6.13. The summed E-state index contributed by atoms with van der Waals surface area (Å²) in [5, 5.41) is 0.361. The van der Waals surface area contributed by atoms with E-state index in [9.17, 15) is 18.0 Å². The normalized spacial score (nSPS) is 12.7. The molecule has 0 amide bonds. The van der Waals surface area contributed by atoms with Crippen LogP contribution in [0, 0.1) is 0 Å². The molecular formula is C17H13F3N2O3S. The van der Waals surface area contributed by atoms with Crippen molar-refractivity contribution in [3.63, 3.8) is 0 Å². The quantitative estimate of drug-likeness (QED) is 0.469. The number of furan rings is 1. The summed E-state index contributed by atoms with van der Waals surface area (Å²) in [6, 6.07) is 11.7. The van der Waals surface area contributed by atoms with E-state index in [0.29, 0.717) is 5.16 Å². The van der Waals surface area contributed by atoms with E-state index in [-0.39, 0.29) is 5.76 Å². The minimum Gasteiger partial charge on any atom is -0.457 e. The van der Waals surface area contributed by atoms with Gasteiger partial charge >= 0.3 is 12.1 Å². The lowest BCUT2D eigenvalue weighted by atomic mass is 10.3. The molecule has 1 aromatic carbocycles. The summed E-state index contributed by atoms with van der Waals surface area (Å²) in [7, 11) is 0. The fourth-order valence-corrected chi connectivity index (χ4v) is 3.11. The standard InChI is InChI=1S/C17H13F3N2O3S/c18-17(19,20)14(25-15(23)13-7-4-10-24-13)11-26-16-21-8-9-22(16)12-5-2-1-3-6-12/h1-10,14H,11H2/t14-/m0/s1. The van der Waals surface area contributed by atoms with Gasteiger partial charge in [0.15, 0.2) is 5.16 Å². The first-order valence-corrected chi connectivity index (χ1v) is 8.46. The number of ether oxygens (including phenoxy) is 1. The predicted octanol–water partition coefficient (Wildman–Crippen LogP) is 4.35. The van der Waals surface area contributed by atoms with Crippen LogP contribution in [0.1, 0.15) is 10.6 Å².